The zero-order chi connectivity index (χ0) is 32.1. The van der Waals surface area contributed by atoms with Crippen molar-refractivity contribution in [1.29, 1.82) is 0 Å². The number of sulfonamides is 1. The largest absolute Gasteiger partial charge is 0.495 e. The summed E-state index contributed by atoms with van der Waals surface area (Å²) in [5.74, 6) is -1.23. The number of benzene rings is 3. The number of carbonyl (C=O) groups is 2. The Balaban J connectivity index is 2.22. The number of nitrogens with one attached hydrogen (secondary N) is 1. The Hall–Kier alpha value is -3.58. The Labute approximate surface area is 264 Å². The molecule has 0 radical (unpaired) electrons. The van der Waals surface area contributed by atoms with Gasteiger partial charge < -0.3 is 15.0 Å². The van der Waals surface area contributed by atoms with Crippen LogP contribution in [-0.4, -0.2) is 56.8 Å². The number of anilines is 1. The Morgan fingerprint density at radius 1 is 1.07 bits per heavy atom. The summed E-state index contributed by atoms with van der Waals surface area (Å²) >= 11 is 19.0. The summed E-state index contributed by atoms with van der Waals surface area (Å²) in [5, 5.41) is 14.8. The number of hydrogen-bond acceptors (Lipinski definition) is 7. The van der Waals surface area contributed by atoms with E-state index in [9.17, 15) is 28.1 Å². The van der Waals surface area contributed by atoms with Gasteiger partial charge in [0.25, 0.3) is 15.7 Å². The number of carbonyl (C=O) groups excluding carboxylic acids is 2. The van der Waals surface area contributed by atoms with Gasteiger partial charge in [-0.15, -0.1) is 0 Å². The molecule has 230 valence electrons. The number of ether oxygens (including phenoxy) is 1. The van der Waals surface area contributed by atoms with Crippen molar-refractivity contribution < 1.29 is 27.7 Å². The van der Waals surface area contributed by atoms with Crippen molar-refractivity contribution in [3.63, 3.8) is 0 Å². The number of aryl methyl sites for hydroxylation is 1. The Morgan fingerprint density at radius 3 is 2.28 bits per heavy atom. The average Bonchev–Trinajstić information content (AvgIpc) is 2.96. The molecule has 3 aromatic rings. The first kappa shape index (κ1) is 33.9. The molecule has 0 aromatic heterocycles. The molecule has 1 N–H and O–H groups in total. The Bertz CT molecular complexity index is 1630. The van der Waals surface area contributed by atoms with Gasteiger partial charge in [-0.3, -0.25) is 24.0 Å². The minimum absolute atomic E-state index is 0.0569. The molecule has 0 aliphatic carbocycles. The molecule has 0 bridgehead atoms. The number of nitrogens with zero attached hydrogens (tertiary/aromatic N) is 3. The molecule has 0 saturated carbocycles. The number of rotatable bonds is 12. The van der Waals surface area contributed by atoms with Gasteiger partial charge in [-0.25, -0.2) is 8.42 Å². The average molecular weight is 672 g/mol. The van der Waals surface area contributed by atoms with E-state index in [2.05, 4.69) is 5.32 Å². The second-order valence-electron chi connectivity index (χ2n) is 9.29. The number of amides is 2. The highest BCUT2D eigenvalue weighted by Crippen LogP contribution is 2.36. The van der Waals surface area contributed by atoms with Crippen LogP contribution in [0.2, 0.25) is 15.1 Å². The molecule has 0 spiro atoms. The summed E-state index contributed by atoms with van der Waals surface area (Å²) in [4.78, 5) is 38.7. The maximum Gasteiger partial charge on any atom is 0.273 e. The van der Waals surface area contributed by atoms with Crippen molar-refractivity contribution in [3.05, 3.63) is 90.9 Å². The number of hydrogen-bond donors (Lipinski definition) is 1. The van der Waals surface area contributed by atoms with Crippen molar-refractivity contribution in [2.45, 2.75) is 37.8 Å². The maximum absolute atomic E-state index is 14.2. The van der Waals surface area contributed by atoms with Crippen LogP contribution in [0, 0.1) is 17.0 Å². The van der Waals surface area contributed by atoms with Gasteiger partial charge in [-0.1, -0.05) is 53.9 Å². The van der Waals surface area contributed by atoms with Crippen LogP contribution in [0.4, 0.5) is 11.4 Å². The molecule has 0 saturated heterocycles. The molecule has 0 unspecified atom stereocenters. The van der Waals surface area contributed by atoms with Crippen LogP contribution in [0.15, 0.2) is 59.5 Å². The van der Waals surface area contributed by atoms with Crippen molar-refractivity contribution in [1.82, 2.24) is 10.2 Å². The quantitative estimate of drug-likeness (QED) is 0.195. The zero-order valence-electron chi connectivity index (χ0n) is 23.6. The van der Waals surface area contributed by atoms with Crippen molar-refractivity contribution >= 4 is 68.0 Å². The number of nitro benzene ring substituents is 1. The first-order chi connectivity index (χ1) is 20.3. The molecule has 3 aromatic carbocycles. The molecule has 1 atom stereocenters. The summed E-state index contributed by atoms with van der Waals surface area (Å²) in [7, 11) is -1.95. The summed E-state index contributed by atoms with van der Waals surface area (Å²) in [6.07, 6.45) is 0.172. The normalized spacial score (nSPS) is 11.9. The van der Waals surface area contributed by atoms with Gasteiger partial charge in [-0.05, 0) is 49.7 Å². The molecule has 43 heavy (non-hydrogen) atoms. The van der Waals surface area contributed by atoms with Crippen LogP contribution in [-0.2, 0) is 26.2 Å². The molecule has 0 fully saturated rings. The predicted molar refractivity (Wildman–Crippen MR) is 166 cm³/mol. The third-order valence-electron chi connectivity index (χ3n) is 6.68. The number of nitro groups is 1. The Kier molecular flexibility index (Phi) is 11.2. The van der Waals surface area contributed by atoms with E-state index >= 15 is 0 Å². The first-order valence-electron chi connectivity index (χ1n) is 12.8. The number of methoxy groups -OCH3 is 1. The second-order valence-corrected chi connectivity index (χ2v) is 12.4. The van der Waals surface area contributed by atoms with Crippen LogP contribution < -0.4 is 14.4 Å². The monoisotopic (exact) mass is 670 g/mol. The lowest BCUT2D eigenvalue weighted by molar-refractivity contribution is -0.385. The van der Waals surface area contributed by atoms with E-state index in [0.717, 1.165) is 10.4 Å². The lowest BCUT2D eigenvalue weighted by Crippen LogP contribution is -2.51. The van der Waals surface area contributed by atoms with Gasteiger partial charge in [0.1, 0.15) is 18.3 Å². The summed E-state index contributed by atoms with van der Waals surface area (Å²) in [6, 6.07) is 11.3. The van der Waals surface area contributed by atoms with E-state index < -0.39 is 49.9 Å². The SMILES string of the molecule is CC[C@H](C(=O)NC)N(Cc1c(Cl)cccc1Cl)C(=O)CN(c1cc(Cl)ccc1OC)S(=O)(=O)c1ccc(C)c([N+](=O)[O-])c1. The van der Waals surface area contributed by atoms with E-state index in [1.165, 1.54) is 56.3 Å². The van der Waals surface area contributed by atoms with E-state index in [4.69, 9.17) is 39.5 Å². The molecular formula is C28H29Cl3N4O7S. The van der Waals surface area contributed by atoms with Gasteiger partial charge in [-0.2, -0.15) is 0 Å². The smallest absolute Gasteiger partial charge is 0.273 e. The standard InChI is InChI=1S/C28H29Cl3N4O7S/c1-5-23(28(37)32-3)33(15-20-21(30)7-6-8-22(20)31)27(36)16-34(25-13-18(29)10-12-26(25)42-4)43(40,41)19-11-9-17(2)24(14-19)35(38)39/h6-14,23H,5,15-16H2,1-4H3,(H,32,37)/t23-/m1/s1. The maximum atomic E-state index is 14.2. The highest BCUT2D eigenvalue weighted by atomic mass is 35.5. The van der Waals surface area contributed by atoms with Gasteiger partial charge in [0, 0.05) is 45.9 Å². The lowest BCUT2D eigenvalue weighted by Gasteiger charge is -2.33. The third kappa shape index (κ3) is 7.50. The number of likely N-dealkylation sites (N-methyl/N-ethyl adjacent to an activating group) is 1. The molecule has 0 aliphatic heterocycles. The summed E-state index contributed by atoms with van der Waals surface area (Å²) in [6.45, 7) is 2.10. The highest BCUT2D eigenvalue weighted by molar-refractivity contribution is 7.92. The summed E-state index contributed by atoms with van der Waals surface area (Å²) in [5.41, 5.74) is 0.0675. The molecule has 15 heteroatoms. The number of halogens is 3. The zero-order valence-corrected chi connectivity index (χ0v) is 26.7. The van der Waals surface area contributed by atoms with Gasteiger partial charge in [0.2, 0.25) is 11.8 Å². The molecule has 2 amide bonds. The van der Waals surface area contributed by atoms with Crippen LogP contribution in [0.3, 0.4) is 0 Å². The minimum Gasteiger partial charge on any atom is -0.495 e. The highest BCUT2D eigenvalue weighted by Gasteiger charge is 2.36. The van der Waals surface area contributed by atoms with Crippen LogP contribution in [0.1, 0.15) is 24.5 Å². The topological polar surface area (TPSA) is 139 Å². The van der Waals surface area contributed by atoms with Crippen molar-refractivity contribution in [2.24, 2.45) is 0 Å². The van der Waals surface area contributed by atoms with E-state index in [1.807, 2.05) is 0 Å². The first-order valence-corrected chi connectivity index (χ1v) is 15.4. The van der Waals surface area contributed by atoms with E-state index in [-0.39, 0.29) is 45.0 Å². The van der Waals surface area contributed by atoms with Gasteiger partial charge in [0.05, 0.1) is 22.6 Å². The fourth-order valence-corrected chi connectivity index (χ4v) is 6.51. The molecule has 3 rings (SSSR count). The van der Waals surface area contributed by atoms with Crippen LogP contribution >= 0.6 is 34.8 Å². The molecule has 0 heterocycles. The van der Waals surface area contributed by atoms with Crippen molar-refractivity contribution in [3.8, 4) is 5.75 Å². The van der Waals surface area contributed by atoms with Gasteiger partial charge in [0.15, 0.2) is 0 Å². The van der Waals surface area contributed by atoms with E-state index in [0.29, 0.717) is 5.56 Å². The van der Waals surface area contributed by atoms with Crippen LogP contribution in [0.5, 0.6) is 5.75 Å². The van der Waals surface area contributed by atoms with Crippen LogP contribution in [0.25, 0.3) is 0 Å². The second kappa shape index (κ2) is 14.3. The predicted octanol–water partition coefficient (Wildman–Crippen LogP) is 5.62. The van der Waals surface area contributed by atoms with Gasteiger partial charge >= 0.3 is 0 Å². The molecule has 11 nitrogen and oxygen atoms in total. The minimum atomic E-state index is -4.66. The lowest BCUT2D eigenvalue weighted by atomic mass is 10.1. The Morgan fingerprint density at radius 2 is 1.72 bits per heavy atom. The van der Waals surface area contributed by atoms with E-state index in [1.54, 1.807) is 25.1 Å². The summed E-state index contributed by atoms with van der Waals surface area (Å²) < 4.78 is 34.5. The third-order valence-corrected chi connectivity index (χ3v) is 9.38. The van der Waals surface area contributed by atoms with Crippen molar-refractivity contribution in [2.75, 3.05) is 25.0 Å². The fourth-order valence-electron chi connectivity index (χ4n) is 4.38. The molecular weight excluding hydrogens is 643 g/mol. The fraction of sp³-hybridized carbons (Fsp3) is 0.286. The molecule has 0 aliphatic rings.